The molecule has 1 aromatic carbocycles. The number of benzene rings is 1. The number of anilines is 1. The largest absolute Gasteiger partial charge is 0.340 e. The van der Waals surface area contributed by atoms with Gasteiger partial charge in [-0.2, -0.15) is 4.98 Å². The van der Waals surface area contributed by atoms with E-state index in [-0.39, 0.29) is 18.0 Å². The zero-order valence-electron chi connectivity index (χ0n) is 20.7. The van der Waals surface area contributed by atoms with Gasteiger partial charge in [-0.3, -0.25) is 18.5 Å². The summed E-state index contributed by atoms with van der Waals surface area (Å²) in [6, 6.07) is 7.76. The fraction of sp³-hybridized carbons (Fsp3) is 0.423. The Bertz CT molecular complexity index is 1710. The van der Waals surface area contributed by atoms with Crippen molar-refractivity contribution in [3.8, 4) is 11.8 Å². The van der Waals surface area contributed by atoms with Crippen LogP contribution < -0.4 is 21.9 Å². The molecule has 10 nitrogen and oxygen atoms in total. The number of aromatic nitrogens is 6. The summed E-state index contributed by atoms with van der Waals surface area (Å²) in [5.74, 6) is 7.02. The van der Waals surface area contributed by atoms with Gasteiger partial charge in [0.05, 0.1) is 18.6 Å². The Morgan fingerprint density at radius 2 is 1.92 bits per heavy atom. The van der Waals surface area contributed by atoms with Crippen molar-refractivity contribution in [2.24, 2.45) is 18.2 Å². The lowest BCUT2D eigenvalue weighted by atomic mass is 10.0. The molecule has 1 saturated heterocycles. The van der Waals surface area contributed by atoms with Gasteiger partial charge < -0.3 is 10.6 Å². The third kappa shape index (κ3) is 3.34. The van der Waals surface area contributed by atoms with E-state index < -0.39 is 11.2 Å². The number of nitrogens with zero attached hydrogens (tertiary/aromatic N) is 7. The average molecular weight is 485 g/mol. The van der Waals surface area contributed by atoms with Gasteiger partial charge in [-0.05, 0) is 32.8 Å². The molecule has 184 valence electrons. The van der Waals surface area contributed by atoms with Crippen LogP contribution in [0.2, 0.25) is 0 Å². The van der Waals surface area contributed by atoms with Gasteiger partial charge in [0, 0.05) is 42.7 Å². The quantitative estimate of drug-likeness (QED) is 0.432. The van der Waals surface area contributed by atoms with Crippen LogP contribution in [0.1, 0.15) is 31.3 Å². The molecular formula is C26H28N8O2. The number of hydrogen-bond donors (Lipinski definition) is 1. The minimum atomic E-state index is -0.462. The lowest BCUT2D eigenvalue weighted by Gasteiger charge is -2.18. The Labute approximate surface area is 207 Å². The summed E-state index contributed by atoms with van der Waals surface area (Å²) in [5, 5.41) is 0.940. The first kappa shape index (κ1) is 22.5. The van der Waals surface area contributed by atoms with Crippen LogP contribution in [-0.4, -0.2) is 47.8 Å². The summed E-state index contributed by atoms with van der Waals surface area (Å²) in [5.41, 5.74) is 7.96. The van der Waals surface area contributed by atoms with E-state index in [1.54, 1.807) is 14.0 Å². The maximum atomic E-state index is 13.8. The molecule has 6 rings (SSSR count). The number of nitrogens with two attached hydrogens (primary N) is 1. The van der Waals surface area contributed by atoms with Crippen molar-refractivity contribution in [3.63, 3.8) is 0 Å². The highest BCUT2D eigenvalue weighted by Crippen LogP contribution is 2.52. The Kier molecular flexibility index (Phi) is 5.02. The number of hydrogen-bond acceptors (Lipinski definition) is 7. The SMILES string of the molecule is CC#CCn1c(N2C[C@H](N)C3(CC3)C2)nc2c1c(=O)n(Cc1nc(C)c3ccccc3n1)c(=O)n2C. The molecule has 2 aliphatic rings. The van der Waals surface area contributed by atoms with E-state index in [9.17, 15) is 9.59 Å². The summed E-state index contributed by atoms with van der Waals surface area (Å²) in [6.07, 6.45) is 2.21. The molecular weight excluding hydrogens is 456 g/mol. The third-order valence-electron chi connectivity index (χ3n) is 7.65. The molecule has 0 unspecified atom stereocenters. The maximum absolute atomic E-state index is 13.8. The predicted octanol–water partition coefficient (Wildman–Crippen LogP) is 1.15. The highest BCUT2D eigenvalue weighted by molar-refractivity contribution is 5.80. The topological polar surface area (TPSA) is 117 Å². The van der Waals surface area contributed by atoms with Crippen LogP contribution in [0, 0.1) is 24.2 Å². The van der Waals surface area contributed by atoms with Crippen molar-refractivity contribution in [2.45, 2.75) is 45.8 Å². The fourth-order valence-electron chi connectivity index (χ4n) is 5.39. The number of rotatable bonds is 4. The number of fused-ring (bicyclic) bond motifs is 2. The van der Waals surface area contributed by atoms with Crippen molar-refractivity contribution in [1.29, 1.82) is 0 Å². The standard InChI is InChI=1S/C26H28N8O2/c1-4-5-12-33-21-22(30-24(33)32-13-19(27)26(15-32)10-11-26)31(3)25(36)34(23(21)35)14-20-28-16(2)17-8-6-7-9-18(17)29-20/h6-9,19H,10-15,27H2,1-3H3/t19-/m0/s1. The molecule has 36 heavy (non-hydrogen) atoms. The van der Waals surface area contributed by atoms with E-state index in [1.165, 1.54) is 9.13 Å². The van der Waals surface area contributed by atoms with E-state index >= 15 is 0 Å². The third-order valence-corrected chi connectivity index (χ3v) is 7.65. The second-order valence-corrected chi connectivity index (χ2v) is 9.92. The van der Waals surface area contributed by atoms with Gasteiger partial charge >= 0.3 is 5.69 Å². The number of para-hydroxylation sites is 1. The van der Waals surface area contributed by atoms with Crippen molar-refractivity contribution in [1.82, 2.24) is 28.7 Å². The van der Waals surface area contributed by atoms with Gasteiger partial charge in [-0.15, -0.1) is 5.92 Å². The molecule has 2 fully saturated rings. The van der Waals surface area contributed by atoms with Crippen LogP contribution in [0.3, 0.4) is 0 Å². The summed E-state index contributed by atoms with van der Waals surface area (Å²) in [4.78, 5) is 43.3. The Morgan fingerprint density at radius 1 is 1.14 bits per heavy atom. The van der Waals surface area contributed by atoms with Crippen molar-refractivity contribution in [2.75, 3.05) is 18.0 Å². The molecule has 1 spiro atoms. The lowest BCUT2D eigenvalue weighted by molar-refractivity contribution is 0.499. The van der Waals surface area contributed by atoms with Crippen molar-refractivity contribution >= 4 is 28.0 Å². The molecule has 1 aliphatic carbocycles. The Morgan fingerprint density at radius 3 is 2.64 bits per heavy atom. The van der Waals surface area contributed by atoms with Gasteiger partial charge in [0.2, 0.25) is 5.95 Å². The minimum Gasteiger partial charge on any atom is -0.340 e. The normalized spacial score (nSPS) is 18.2. The summed E-state index contributed by atoms with van der Waals surface area (Å²) in [6.45, 7) is 5.37. The van der Waals surface area contributed by atoms with Gasteiger partial charge in [0.15, 0.2) is 11.2 Å². The van der Waals surface area contributed by atoms with Gasteiger partial charge in [-0.1, -0.05) is 24.1 Å². The van der Waals surface area contributed by atoms with Gasteiger partial charge in [-0.25, -0.2) is 14.8 Å². The monoisotopic (exact) mass is 484 g/mol. The zero-order valence-corrected chi connectivity index (χ0v) is 20.7. The summed E-state index contributed by atoms with van der Waals surface area (Å²) >= 11 is 0. The first-order valence-electron chi connectivity index (χ1n) is 12.2. The molecule has 1 saturated carbocycles. The van der Waals surface area contributed by atoms with E-state index in [0.717, 1.165) is 36.0 Å². The van der Waals surface area contributed by atoms with Gasteiger partial charge in [0.1, 0.15) is 5.82 Å². The van der Waals surface area contributed by atoms with Crippen LogP contribution >= 0.6 is 0 Å². The first-order valence-corrected chi connectivity index (χ1v) is 12.2. The van der Waals surface area contributed by atoms with E-state index in [2.05, 4.69) is 26.7 Å². The first-order chi connectivity index (χ1) is 17.3. The molecule has 1 atom stereocenters. The van der Waals surface area contributed by atoms with Crippen molar-refractivity contribution < 1.29 is 0 Å². The lowest BCUT2D eigenvalue weighted by Crippen LogP contribution is -2.40. The fourth-order valence-corrected chi connectivity index (χ4v) is 5.39. The molecule has 4 aromatic rings. The molecule has 4 heterocycles. The summed E-state index contributed by atoms with van der Waals surface area (Å²) < 4.78 is 4.43. The van der Waals surface area contributed by atoms with Crippen LogP contribution in [0.25, 0.3) is 22.1 Å². The molecule has 0 radical (unpaired) electrons. The van der Waals surface area contributed by atoms with Gasteiger partial charge in [0.25, 0.3) is 5.56 Å². The Hall–Kier alpha value is -3.97. The highest BCUT2D eigenvalue weighted by atomic mass is 16.2. The average Bonchev–Trinajstić information content (AvgIpc) is 3.44. The smallest absolute Gasteiger partial charge is 0.332 e. The number of imidazole rings is 1. The molecule has 2 N–H and O–H groups in total. The molecule has 3 aromatic heterocycles. The van der Waals surface area contributed by atoms with E-state index in [1.807, 2.05) is 35.8 Å². The second kappa shape index (κ2) is 8.03. The van der Waals surface area contributed by atoms with Crippen LogP contribution in [0.5, 0.6) is 0 Å². The minimum absolute atomic E-state index is 0.0369. The van der Waals surface area contributed by atoms with Crippen LogP contribution in [0.15, 0.2) is 33.9 Å². The Balaban J connectivity index is 1.51. The molecule has 10 heteroatoms. The highest BCUT2D eigenvalue weighted by Gasteiger charge is 2.54. The molecule has 0 bridgehead atoms. The van der Waals surface area contributed by atoms with Crippen LogP contribution in [-0.2, 0) is 20.1 Å². The molecule has 1 aliphatic heterocycles. The summed E-state index contributed by atoms with van der Waals surface area (Å²) in [7, 11) is 1.64. The van der Waals surface area contributed by atoms with Crippen LogP contribution in [0.4, 0.5) is 5.95 Å². The van der Waals surface area contributed by atoms with E-state index in [0.29, 0.717) is 36.0 Å². The number of aryl methyl sites for hydroxylation is 2. The second-order valence-electron chi connectivity index (χ2n) is 9.92. The maximum Gasteiger partial charge on any atom is 0.332 e. The van der Waals surface area contributed by atoms with E-state index in [4.69, 9.17) is 10.7 Å². The predicted molar refractivity (Wildman–Crippen MR) is 138 cm³/mol. The molecule has 0 amide bonds. The zero-order chi connectivity index (χ0) is 25.2. The van der Waals surface area contributed by atoms with Crippen molar-refractivity contribution in [3.05, 3.63) is 56.6 Å².